The monoisotopic (exact) mass is 679 g/mol. The van der Waals surface area contributed by atoms with Crippen molar-refractivity contribution in [3.8, 4) is 0 Å². The van der Waals surface area contributed by atoms with Gasteiger partial charge in [-0.05, 0) is 12.1 Å². The quantitative estimate of drug-likeness (QED) is 0.217. The fraction of sp³-hybridized carbons (Fsp3) is 0. The molecule has 0 spiro atoms. The maximum atomic E-state index is 8.42. The van der Waals surface area contributed by atoms with E-state index in [1.165, 1.54) is 21.8 Å². The van der Waals surface area contributed by atoms with E-state index in [0.29, 0.717) is 0 Å². The van der Waals surface area contributed by atoms with E-state index < -0.39 is 29.3 Å². The number of hydrogen-bond acceptors (Lipinski definition) is 12. The Morgan fingerprint density at radius 3 is 0.634 bits per heavy atom. The molecule has 0 amide bonds. The van der Waals surface area contributed by atoms with Crippen LogP contribution in [0.15, 0.2) is 48.5 Å². The second kappa shape index (κ2) is 64.9. The predicted molar refractivity (Wildman–Crippen MR) is 78.8 cm³/mol. The molecule has 2 aromatic carbocycles. The number of nitrogens with one attached hydrogen (secondary N) is 1. The molecule has 0 saturated carbocycles. The largest absolute Gasteiger partial charge is 1.00 e. The minimum Gasteiger partial charge on any atom is -0.907 e. The molecule has 158 valence electrons. The van der Waals surface area contributed by atoms with Gasteiger partial charge in [0.2, 0.25) is 0 Å². The molecule has 0 saturated heterocycles. The zero-order valence-electron chi connectivity index (χ0n) is 26.3. The van der Waals surface area contributed by atoms with Gasteiger partial charge in [0.05, 0.1) is 0 Å². The third-order valence-electron chi connectivity index (χ3n) is 2.41. The van der Waals surface area contributed by atoms with Crippen LogP contribution in [0.25, 0.3) is 21.8 Å². The Morgan fingerprint density at radius 2 is 0.463 bits per heavy atom. The van der Waals surface area contributed by atoms with Gasteiger partial charge in [0.15, 0.2) is 0 Å². The zero-order chi connectivity index (χ0) is 23.0. The van der Waals surface area contributed by atoms with E-state index in [1.807, 2.05) is 0 Å². The van der Waals surface area contributed by atoms with Crippen LogP contribution in [0.5, 0.6) is 0 Å². The molecular weight excluding hydrogens is 669 g/mol. The topological polar surface area (TPSA) is 293 Å². The van der Waals surface area contributed by atoms with Crippen molar-refractivity contribution in [2.24, 2.45) is 0 Å². The van der Waals surface area contributed by atoms with Crippen LogP contribution in [0.3, 0.4) is 0 Å². The van der Waals surface area contributed by atoms with Crippen LogP contribution in [0.2, 0.25) is 0 Å². The molecule has 0 unspecified atom stereocenters. The molecule has 41 heavy (non-hydrogen) atoms. The van der Waals surface area contributed by atoms with Crippen molar-refractivity contribution in [2.45, 2.75) is 0 Å². The number of fused-ring (bicyclic) bond motifs is 3. The van der Waals surface area contributed by atoms with Crippen molar-refractivity contribution in [2.75, 3.05) is 0 Å². The minimum absolute atomic E-state index is 0. The molecule has 1 heterocycles. The van der Waals surface area contributed by atoms with Crippen molar-refractivity contribution in [1.82, 2.24) is 4.98 Å². The van der Waals surface area contributed by atoms with E-state index >= 15 is 0 Å². The van der Waals surface area contributed by atoms with Crippen LogP contribution >= 0.6 is 0 Å². The van der Waals surface area contributed by atoms with Crippen LogP contribution < -0.4 is 415 Å². The van der Waals surface area contributed by atoms with Gasteiger partial charge in [0, 0.05) is 21.8 Å². The molecule has 1 N–H and O–H groups in total. The number of rotatable bonds is 0. The average Bonchev–Trinajstić information content (AvgIpc) is 2.91. The van der Waals surface area contributed by atoms with Crippen molar-refractivity contribution in [1.29, 1.82) is 0 Å². The second-order valence-corrected chi connectivity index (χ2v) is 4.37. The van der Waals surface area contributed by atoms with Gasteiger partial charge in [-0.25, -0.2) is 0 Å². The summed E-state index contributed by atoms with van der Waals surface area (Å²) in [6.07, 6.45) is 0. The minimum atomic E-state index is -2.92. The summed E-state index contributed by atoms with van der Waals surface area (Å²) in [4.78, 5) is 3.38. The Bertz CT molecular complexity index is 723. The number of benzene rings is 2. The molecular formula is C12H9B4NNa12O12. The van der Waals surface area contributed by atoms with E-state index in [-0.39, 0.29) is 355 Å². The van der Waals surface area contributed by atoms with Gasteiger partial charge in [0.25, 0.3) is 0 Å². The molecule has 29 heteroatoms. The van der Waals surface area contributed by atoms with Crippen LogP contribution in [0, 0.1) is 0 Å². The van der Waals surface area contributed by atoms with Gasteiger partial charge < -0.3 is 65.3 Å². The third-order valence-corrected chi connectivity index (χ3v) is 2.41. The molecule has 3 aromatic rings. The third kappa shape index (κ3) is 72.0. The molecule has 0 radical (unpaired) electrons. The van der Waals surface area contributed by atoms with Crippen molar-refractivity contribution in [3.05, 3.63) is 48.5 Å². The molecule has 0 bridgehead atoms. The van der Waals surface area contributed by atoms with Gasteiger partial charge in [-0.2, -0.15) is 0 Å². The fourth-order valence-electron chi connectivity index (χ4n) is 1.80. The summed E-state index contributed by atoms with van der Waals surface area (Å²) in [6, 6.07) is 16.8. The Kier molecular flexibility index (Phi) is 148. The molecule has 0 atom stereocenters. The first-order chi connectivity index (χ1) is 13.4. The summed E-state index contributed by atoms with van der Waals surface area (Å²) < 4.78 is 0. The molecule has 3 rings (SSSR count). The van der Waals surface area contributed by atoms with E-state index in [2.05, 4.69) is 53.5 Å². The van der Waals surface area contributed by atoms with Crippen LogP contribution in [-0.2, 0) is 0 Å². The molecule has 13 nitrogen and oxygen atoms in total. The number of H-pyrrole nitrogens is 1. The normalized spacial score (nSPS) is 6.15. The SMILES string of the molecule is [Na+].[Na+].[Na+].[Na+].[Na+].[Na+].[Na+].[Na+].[Na+].[Na+].[Na+].[Na+].[O-]B([O-])[O-].[O-]B([O-])[O-].[O-]B([O-])[O-].[O-]B([O-])[O-].c1ccc2c(c1)[nH]c1ccccc12. The first kappa shape index (κ1) is 93.1. The second-order valence-electron chi connectivity index (χ2n) is 4.37. The molecule has 0 fully saturated rings. The van der Waals surface area contributed by atoms with Gasteiger partial charge in [-0.3, -0.25) is 29.3 Å². The van der Waals surface area contributed by atoms with Crippen LogP contribution in [0.1, 0.15) is 0 Å². The Balaban J connectivity index is -0.0000000194. The molecule has 0 aliphatic carbocycles. The molecule has 0 aliphatic rings. The van der Waals surface area contributed by atoms with Crippen LogP contribution in [0.4, 0.5) is 0 Å². The Morgan fingerprint density at radius 1 is 0.317 bits per heavy atom. The maximum absolute atomic E-state index is 8.42. The molecule has 0 aliphatic heterocycles. The van der Waals surface area contributed by atoms with Gasteiger partial charge >= 0.3 is 355 Å². The fourth-order valence-corrected chi connectivity index (χ4v) is 1.80. The molecule has 1 aromatic heterocycles. The maximum Gasteiger partial charge on any atom is 1.00 e. The Labute approximate surface area is 506 Å². The Hall–Kier alpha value is 10.0. The first-order valence-electron chi connectivity index (χ1n) is 7.23. The van der Waals surface area contributed by atoms with Crippen LogP contribution in [-0.4, -0.2) is 34.3 Å². The first-order valence-corrected chi connectivity index (χ1v) is 7.23. The van der Waals surface area contributed by atoms with E-state index in [0.717, 1.165) is 0 Å². The summed E-state index contributed by atoms with van der Waals surface area (Å²) in [6.45, 7) is 0. The summed E-state index contributed by atoms with van der Waals surface area (Å²) >= 11 is 0. The summed E-state index contributed by atoms with van der Waals surface area (Å²) in [5.41, 5.74) is 2.42. The van der Waals surface area contributed by atoms with Crippen molar-refractivity contribution < 1.29 is 415 Å². The zero-order valence-corrected chi connectivity index (χ0v) is 50.3. The summed E-state index contributed by atoms with van der Waals surface area (Å²) in [7, 11) is -11.7. The van der Waals surface area contributed by atoms with Gasteiger partial charge in [-0.1, -0.05) is 36.4 Å². The average molecular weight is 678 g/mol. The predicted octanol–water partition coefficient (Wildman–Crippen LogP) is -48.4. The summed E-state index contributed by atoms with van der Waals surface area (Å²) in [5.74, 6) is 0. The smallest absolute Gasteiger partial charge is 0.907 e. The number of aromatic amines is 1. The number of hydrogen-bond donors (Lipinski definition) is 1. The summed E-state index contributed by atoms with van der Waals surface area (Å²) in [5, 5.41) is 104. The number of aromatic nitrogens is 1. The van der Waals surface area contributed by atoms with E-state index in [1.54, 1.807) is 0 Å². The van der Waals surface area contributed by atoms with Gasteiger partial charge in [-0.15, -0.1) is 0 Å². The standard InChI is InChI=1S/C12H9N.4BO3.12Na/c1-3-7-11-9(5-1)10-6-2-4-8-12(10)13-11;4*2-1(3)4;;;;;;;;;;;;/h1-8,13H;;;;;;;;;;;;;;;;/q;4*-3;12*+1. The van der Waals surface area contributed by atoms with Crippen molar-refractivity contribution in [3.63, 3.8) is 0 Å². The van der Waals surface area contributed by atoms with E-state index in [9.17, 15) is 0 Å². The van der Waals surface area contributed by atoms with E-state index in [4.69, 9.17) is 60.3 Å². The van der Waals surface area contributed by atoms with Gasteiger partial charge in [0.1, 0.15) is 0 Å². The van der Waals surface area contributed by atoms with Crippen molar-refractivity contribution >= 4 is 51.1 Å². The number of para-hydroxylation sites is 2.